The minimum atomic E-state index is 0.0706. The molecular weight excluding hydrogens is 587 g/mol. The predicted octanol–water partition coefficient (Wildman–Crippen LogP) is 10.8. The summed E-state index contributed by atoms with van der Waals surface area (Å²) in [5.74, 6) is 0.426. The van der Waals surface area contributed by atoms with Gasteiger partial charge in [0.1, 0.15) is 5.52 Å². The van der Waals surface area contributed by atoms with Gasteiger partial charge in [-0.25, -0.2) is 0 Å². The maximum atomic E-state index is 11.1. The molecule has 0 amide bonds. The van der Waals surface area contributed by atoms with Gasteiger partial charge in [-0.2, -0.15) is 4.98 Å². The second-order valence-corrected chi connectivity index (χ2v) is 12.3. The van der Waals surface area contributed by atoms with E-state index in [0.29, 0.717) is 11.8 Å². The Balaban J connectivity index is 1.22. The Labute approximate surface area is 268 Å². The molecule has 0 saturated carbocycles. The van der Waals surface area contributed by atoms with Crippen molar-refractivity contribution < 1.29 is 9.84 Å². The van der Waals surface area contributed by atoms with Crippen molar-refractivity contribution in [2.75, 3.05) is 0 Å². The highest BCUT2D eigenvalue weighted by atomic mass is 32.1. The number of ether oxygens (including phenoxy) is 1. The molecule has 5 nitrogen and oxygen atoms in total. The highest BCUT2D eigenvalue weighted by Gasteiger charge is 2.20. The number of para-hydroxylation sites is 2. The largest absolute Gasteiger partial charge is 0.504 e. The van der Waals surface area contributed by atoms with Crippen LogP contribution in [0.15, 0.2) is 146 Å². The molecule has 218 valence electrons. The lowest BCUT2D eigenvalue weighted by Gasteiger charge is -2.11. The van der Waals surface area contributed by atoms with Crippen molar-refractivity contribution in [1.29, 1.82) is 0 Å². The average molecular weight is 612 g/mol. The first-order valence-corrected chi connectivity index (χ1v) is 15.9. The van der Waals surface area contributed by atoms with Gasteiger partial charge < -0.3 is 9.84 Å². The smallest absolute Gasteiger partial charge is 0.307 e. The fourth-order valence-electron chi connectivity index (χ4n) is 6.31. The predicted molar refractivity (Wildman–Crippen MR) is 188 cm³/mol. The van der Waals surface area contributed by atoms with Gasteiger partial charge in [-0.3, -0.25) is 9.55 Å². The molecular formula is C40H25N3O2S. The molecule has 0 atom stereocenters. The molecule has 9 aromatic rings. The quantitative estimate of drug-likeness (QED) is 0.210. The SMILES string of the molecule is Oc1cc2sc3ccccc3c2cc1Oc1nc2c(-c3cccc(-c4nccc5ccccc45)c3)cccc2n1-c1ccccc1. The van der Waals surface area contributed by atoms with Crippen LogP contribution in [-0.2, 0) is 0 Å². The first-order valence-electron chi connectivity index (χ1n) is 15.0. The van der Waals surface area contributed by atoms with Gasteiger partial charge >= 0.3 is 6.01 Å². The summed E-state index contributed by atoms with van der Waals surface area (Å²) in [6, 6.07) is 47.4. The molecule has 3 aromatic heterocycles. The average Bonchev–Trinajstić information content (AvgIpc) is 3.66. The lowest BCUT2D eigenvalue weighted by molar-refractivity contribution is 0.390. The Kier molecular flexibility index (Phi) is 6.08. The molecule has 0 aliphatic rings. The third-order valence-corrected chi connectivity index (χ3v) is 9.58. The van der Waals surface area contributed by atoms with E-state index in [-0.39, 0.29) is 5.75 Å². The van der Waals surface area contributed by atoms with Crippen LogP contribution in [0.2, 0.25) is 0 Å². The zero-order chi connectivity index (χ0) is 30.6. The third-order valence-electron chi connectivity index (χ3n) is 8.45. The summed E-state index contributed by atoms with van der Waals surface area (Å²) < 4.78 is 10.7. The molecule has 0 spiro atoms. The standard InChI is InChI=1S/C40H25N3O2S/c44-34-24-37-32(31-16-6-7-19-36(31)46-37)23-35(34)45-40-42-39-30(17-9-18-33(39)43(40)28-13-2-1-3-14-28)26-11-8-12-27(22-26)38-29-15-5-4-10-25(29)20-21-41-38/h1-24,44H. The Morgan fingerprint density at radius 2 is 1.41 bits per heavy atom. The normalized spacial score (nSPS) is 11.6. The molecule has 0 fully saturated rings. The van der Waals surface area contributed by atoms with Crippen LogP contribution in [0.25, 0.3) is 70.0 Å². The van der Waals surface area contributed by atoms with Crippen LogP contribution in [-0.4, -0.2) is 19.6 Å². The molecule has 0 radical (unpaired) electrons. The Bertz CT molecular complexity index is 2580. The molecule has 0 saturated heterocycles. The summed E-state index contributed by atoms with van der Waals surface area (Å²) in [7, 11) is 0. The summed E-state index contributed by atoms with van der Waals surface area (Å²) in [6.07, 6.45) is 1.86. The number of thiophene rings is 1. The second-order valence-electron chi connectivity index (χ2n) is 11.2. The number of fused-ring (bicyclic) bond motifs is 5. The summed E-state index contributed by atoms with van der Waals surface area (Å²) in [5, 5.41) is 15.5. The van der Waals surface area contributed by atoms with Crippen LogP contribution in [0, 0.1) is 0 Å². The van der Waals surface area contributed by atoms with Crippen molar-refractivity contribution in [3.05, 3.63) is 146 Å². The topological polar surface area (TPSA) is 60.2 Å². The van der Waals surface area contributed by atoms with Crippen LogP contribution >= 0.6 is 11.3 Å². The number of nitrogens with zero attached hydrogens (tertiary/aromatic N) is 3. The van der Waals surface area contributed by atoms with E-state index in [4.69, 9.17) is 14.7 Å². The van der Waals surface area contributed by atoms with E-state index in [1.54, 1.807) is 17.4 Å². The fourth-order valence-corrected chi connectivity index (χ4v) is 7.43. The van der Waals surface area contributed by atoms with Crippen LogP contribution in [0.5, 0.6) is 17.5 Å². The zero-order valence-corrected chi connectivity index (χ0v) is 25.3. The number of phenolic OH excluding ortho intramolecular Hbond substituents is 1. The highest BCUT2D eigenvalue weighted by molar-refractivity contribution is 7.25. The molecule has 0 aliphatic heterocycles. The summed E-state index contributed by atoms with van der Waals surface area (Å²) in [6.45, 7) is 0. The van der Waals surface area contributed by atoms with Crippen molar-refractivity contribution in [1.82, 2.24) is 14.5 Å². The van der Waals surface area contributed by atoms with Crippen molar-refractivity contribution in [2.45, 2.75) is 0 Å². The van der Waals surface area contributed by atoms with Crippen molar-refractivity contribution in [3.63, 3.8) is 0 Å². The maximum absolute atomic E-state index is 11.1. The lowest BCUT2D eigenvalue weighted by atomic mass is 9.98. The molecule has 6 heteroatoms. The minimum Gasteiger partial charge on any atom is -0.504 e. The van der Waals surface area contributed by atoms with Gasteiger partial charge in [0.15, 0.2) is 11.5 Å². The molecule has 0 unspecified atom stereocenters. The van der Waals surface area contributed by atoms with Crippen LogP contribution in [0.4, 0.5) is 0 Å². The van der Waals surface area contributed by atoms with Crippen molar-refractivity contribution in [3.8, 4) is 45.6 Å². The molecule has 46 heavy (non-hydrogen) atoms. The first kappa shape index (κ1) is 26.4. The summed E-state index contributed by atoms with van der Waals surface area (Å²) in [4.78, 5) is 9.86. The van der Waals surface area contributed by atoms with Gasteiger partial charge in [-0.1, -0.05) is 91.0 Å². The van der Waals surface area contributed by atoms with E-state index in [0.717, 1.165) is 70.0 Å². The van der Waals surface area contributed by atoms with Gasteiger partial charge in [0.25, 0.3) is 0 Å². The lowest BCUT2D eigenvalue weighted by Crippen LogP contribution is -1.98. The van der Waals surface area contributed by atoms with Gasteiger partial charge in [0, 0.05) is 48.9 Å². The number of pyridine rings is 1. The van der Waals surface area contributed by atoms with Crippen LogP contribution in [0.1, 0.15) is 0 Å². The van der Waals surface area contributed by atoms with Crippen LogP contribution < -0.4 is 4.74 Å². The van der Waals surface area contributed by atoms with Crippen molar-refractivity contribution in [2.24, 2.45) is 0 Å². The Hall–Kier alpha value is -5.98. The molecule has 0 bridgehead atoms. The zero-order valence-electron chi connectivity index (χ0n) is 24.5. The molecule has 6 aromatic carbocycles. The molecule has 1 N–H and O–H groups in total. The third kappa shape index (κ3) is 4.30. The van der Waals surface area contributed by atoms with Gasteiger partial charge in [0.05, 0.1) is 16.9 Å². The highest BCUT2D eigenvalue weighted by Crippen LogP contribution is 2.43. The monoisotopic (exact) mass is 611 g/mol. The van der Waals surface area contributed by atoms with E-state index in [1.165, 1.54) is 0 Å². The maximum Gasteiger partial charge on any atom is 0.307 e. The van der Waals surface area contributed by atoms with Gasteiger partial charge in [0.2, 0.25) is 0 Å². The van der Waals surface area contributed by atoms with E-state index in [1.807, 2.05) is 83.6 Å². The number of aromatic nitrogens is 3. The number of aromatic hydroxyl groups is 1. The van der Waals surface area contributed by atoms with E-state index in [9.17, 15) is 5.11 Å². The van der Waals surface area contributed by atoms with Gasteiger partial charge in [-0.15, -0.1) is 11.3 Å². The molecule has 0 aliphatic carbocycles. The Morgan fingerprint density at radius 1 is 0.630 bits per heavy atom. The summed E-state index contributed by atoms with van der Waals surface area (Å²) >= 11 is 1.65. The van der Waals surface area contributed by atoms with E-state index < -0.39 is 0 Å². The number of benzene rings is 6. The Morgan fingerprint density at radius 3 is 2.33 bits per heavy atom. The number of phenols is 1. The van der Waals surface area contributed by atoms with E-state index in [2.05, 4.69) is 60.7 Å². The number of hydrogen-bond acceptors (Lipinski definition) is 5. The minimum absolute atomic E-state index is 0.0706. The van der Waals surface area contributed by atoms with Crippen LogP contribution in [0.3, 0.4) is 0 Å². The van der Waals surface area contributed by atoms with E-state index >= 15 is 0 Å². The number of hydrogen-bond donors (Lipinski definition) is 1. The summed E-state index contributed by atoms with van der Waals surface area (Å²) in [5.41, 5.74) is 6.58. The van der Waals surface area contributed by atoms with Crippen molar-refractivity contribution >= 4 is 53.3 Å². The van der Waals surface area contributed by atoms with Gasteiger partial charge in [-0.05, 0) is 53.4 Å². The number of rotatable bonds is 5. The fraction of sp³-hybridized carbons (Fsp3) is 0. The first-order chi connectivity index (χ1) is 22.7. The molecule has 9 rings (SSSR count). The molecule has 3 heterocycles. The number of imidazole rings is 1. The second kappa shape index (κ2) is 10.6.